The number of fused-ring (bicyclic) bond motifs is 8. The lowest BCUT2D eigenvalue weighted by atomic mass is 10.0. The van der Waals surface area contributed by atoms with Crippen molar-refractivity contribution in [3.05, 3.63) is 212 Å². The Bertz CT molecular complexity index is 2530. The molecule has 4 N–H and O–H groups in total. The molecule has 276 valence electrons. The van der Waals surface area contributed by atoms with Crippen molar-refractivity contribution in [2.24, 2.45) is 0 Å². The molecule has 9 rings (SSSR count). The number of rotatable bonds is 8. The quantitative estimate of drug-likeness (QED) is 0.147. The molecule has 8 bridgehead atoms. The van der Waals surface area contributed by atoms with Crippen molar-refractivity contribution in [2.45, 2.75) is 0 Å². The van der Waals surface area contributed by atoms with Crippen molar-refractivity contribution in [1.82, 2.24) is 19.9 Å². The van der Waals surface area contributed by atoms with Crippen molar-refractivity contribution in [3.63, 3.8) is 0 Å². The zero-order chi connectivity index (χ0) is 38.2. The summed E-state index contributed by atoms with van der Waals surface area (Å²) in [6, 6.07) is 50.0. The third-order valence-corrected chi connectivity index (χ3v) is 10.4. The van der Waals surface area contributed by atoms with Gasteiger partial charge in [0, 0.05) is 66.5 Å². The number of nitrogens with one attached hydrogen (secondary N) is 4. The maximum atomic E-state index is 5.54. The maximum absolute atomic E-state index is 5.54. The Hall–Kier alpha value is -7.32. The van der Waals surface area contributed by atoms with E-state index < -0.39 is 0 Å². The third kappa shape index (κ3) is 6.27. The summed E-state index contributed by atoms with van der Waals surface area (Å²) in [7, 11) is 6.75. The van der Waals surface area contributed by atoms with Gasteiger partial charge < -0.3 is 38.9 Å². The number of methoxy groups -OCH3 is 4. The van der Waals surface area contributed by atoms with Gasteiger partial charge in [-0.25, -0.2) is 0 Å². The number of aromatic nitrogens is 4. The minimum Gasteiger partial charge on any atom is -0.497 e. The van der Waals surface area contributed by atoms with Gasteiger partial charge in [-0.3, -0.25) is 0 Å². The zero-order valence-corrected chi connectivity index (χ0v) is 31.5. The van der Waals surface area contributed by atoms with Crippen molar-refractivity contribution in [3.8, 4) is 23.0 Å². The van der Waals surface area contributed by atoms with E-state index in [1.165, 1.54) is 0 Å². The first kappa shape index (κ1) is 34.4. The fourth-order valence-corrected chi connectivity index (χ4v) is 7.60. The molecule has 0 amide bonds. The van der Waals surface area contributed by atoms with E-state index in [0.29, 0.717) is 0 Å². The lowest BCUT2D eigenvalue weighted by molar-refractivity contribution is 0.414. The molecule has 0 unspecified atom stereocenters. The monoisotopic (exact) mass is 736 g/mol. The van der Waals surface area contributed by atoms with E-state index in [1.807, 2.05) is 48.5 Å². The summed E-state index contributed by atoms with van der Waals surface area (Å²) in [5.41, 5.74) is 12.1. The van der Waals surface area contributed by atoms with Gasteiger partial charge in [0.1, 0.15) is 23.0 Å². The molecule has 8 aromatic rings. The SMILES string of the molecule is COc1ccc(/C2=c3\cc/c([nH]3)=C(\c3ccc(OC)cc3)c3ccc([nH]3)/C(c3ccc(OC)cc3)=c3/cc/c([nH]3)=C(\c3ccc(OC)cc3)c3ccc2[nH]3)cc1. The molecule has 8 nitrogen and oxygen atoms in total. The molecule has 0 radical (unpaired) electrons. The van der Waals surface area contributed by atoms with E-state index in [2.05, 4.69) is 117 Å². The van der Waals surface area contributed by atoms with Gasteiger partial charge in [0.05, 0.1) is 28.4 Å². The molecule has 4 aromatic heterocycles. The predicted octanol–water partition coefficient (Wildman–Crippen LogP) is 6.34. The maximum Gasteiger partial charge on any atom is 0.118 e. The summed E-state index contributed by atoms with van der Waals surface area (Å²) < 4.78 is 22.2. The van der Waals surface area contributed by atoms with Gasteiger partial charge in [-0.1, -0.05) is 48.5 Å². The van der Waals surface area contributed by atoms with Crippen LogP contribution in [0.1, 0.15) is 45.0 Å². The summed E-state index contributed by atoms with van der Waals surface area (Å²) in [5, 5.41) is 3.84. The Morgan fingerprint density at radius 1 is 0.250 bits per heavy atom. The molecule has 1 aliphatic heterocycles. The Morgan fingerprint density at radius 3 is 0.661 bits per heavy atom. The number of benzene rings is 4. The van der Waals surface area contributed by atoms with Gasteiger partial charge in [0.15, 0.2) is 0 Å². The van der Waals surface area contributed by atoms with Gasteiger partial charge >= 0.3 is 0 Å². The second-order valence-electron chi connectivity index (χ2n) is 13.6. The smallest absolute Gasteiger partial charge is 0.118 e. The fourth-order valence-electron chi connectivity index (χ4n) is 7.60. The van der Waals surface area contributed by atoms with E-state index in [4.69, 9.17) is 18.9 Å². The van der Waals surface area contributed by atoms with E-state index in [0.717, 1.165) is 112 Å². The fraction of sp³-hybridized carbons (Fsp3) is 0.0833. The molecule has 0 saturated heterocycles. The summed E-state index contributed by atoms with van der Waals surface area (Å²) >= 11 is 0. The molecule has 8 heteroatoms. The number of ether oxygens (including phenoxy) is 4. The molecule has 56 heavy (non-hydrogen) atoms. The zero-order valence-electron chi connectivity index (χ0n) is 31.5. The second-order valence-corrected chi connectivity index (χ2v) is 13.6. The highest BCUT2D eigenvalue weighted by atomic mass is 16.5. The standard InChI is InChI=1S/C48H40N4O4/c1-53-33-13-5-29(6-14-33)45-37-21-23-39(49-37)46(30-7-15-34(54-2)16-8-30)41-25-27-43(51-41)48(32-11-19-36(56-4)20-12-32)44-28-26-42(52-44)47(40-24-22-38(45)50-40)31-9-17-35(55-3)18-10-31/h5-28,49-52H,1-4H3/b45-37-,45-38?,46-39-,46-41?,47-40?,47-42-,48-43?,48-44-. The first-order chi connectivity index (χ1) is 27.5. The number of hydrogen-bond donors (Lipinski definition) is 4. The Kier molecular flexibility index (Phi) is 8.91. The van der Waals surface area contributed by atoms with Gasteiger partial charge in [-0.2, -0.15) is 0 Å². The summed E-state index contributed by atoms with van der Waals surface area (Å²) in [5.74, 6) is 3.18. The van der Waals surface area contributed by atoms with E-state index in [-0.39, 0.29) is 0 Å². The molecule has 0 atom stereocenters. The molecule has 0 aliphatic carbocycles. The molecule has 0 spiro atoms. The summed E-state index contributed by atoms with van der Waals surface area (Å²) in [6.07, 6.45) is 0. The molecule has 0 fully saturated rings. The Balaban J connectivity index is 1.40. The first-order valence-corrected chi connectivity index (χ1v) is 18.4. The summed E-state index contributed by atoms with van der Waals surface area (Å²) in [4.78, 5) is 15.3. The molecule has 1 aliphatic rings. The minimum atomic E-state index is 0.795. The number of hydrogen-bond acceptors (Lipinski definition) is 4. The van der Waals surface area contributed by atoms with Gasteiger partial charge in [0.25, 0.3) is 0 Å². The average molecular weight is 737 g/mol. The average Bonchev–Trinajstić information content (AvgIpc) is 4.10. The minimum absolute atomic E-state index is 0.795. The topological polar surface area (TPSA) is 100 Å². The third-order valence-electron chi connectivity index (χ3n) is 10.4. The van der Waals surface area contributed by atoms with Crippen LogP contribution in [-0.2, 0) is 0 Å². The van der Waals surface area contributed by atoms with Gasteiger partial charge in [-0.05, 0) is 119 Å². The lowest BCUT2D eigenvalue weighted by Gasteiger charge is -2.11. The number of aromatic amines is 4. The van der Waals surface area contributed by atoms with Crippen LogP contribution in [0.15, 0.2) is 146 Å². The van der Waals surface area contributed by atoms with Crippen molar-refractivity contribution < 1.29 is 18.9 Å². The van der Waals surface area contributed by atoms with Crippen LogP contribution in [0.5, 0.6) is 23.0 Å². The van der Waals surface area contributed by atoms with Crippen LogP contribution in [0, 0.1) is 0 Å². The highest BCUT2D eigenvalue weighted by molar-refractivity contribution is 5.85. The second kappa shape index (κ2) is 14.5. The van der Waals surface area contributed by atoms with Gasteiger partial charge in [0.2, 0.25) is 0 Å². The normalized spacial score (nSPS) is 16.4. The van der Waals surface area contributed by atoms with Crippen molar-refractivity contribution in [2.75, 3.05) is 28.4 Å². The van der Waals surface area contributed by atoms with Crippen LogP contribution >= 0.6 is 0 Å². The lowest BCUT2D eigenvalue weighted by Crippen LogP contribution is -2.19. The molecule has 4 aromatic carbocycles. The molecular weight excluding hydrogens is 697 g/mol. The predicted molar refractivity (Wildman–Crippen MR) is 220 cm³/mol. The van der Waals surface area contributed by atoms with Crippen LogP contribution in [0.2, 0.25) is 0 Å². The van der Waals surface area contributed by atoms with Gasteiger partial charge in [-0.15, -0.1) is 0 Å². The van der Waals surface area contributed by atoms with Crippen LogP contribution in [0.4, 0.5) is 0 Å². The highest BCUT2D eigenvalue weighted by Gasteiger charge is 2.19. The van der Waals surface area contributed by atoms with Crippen LogP contribution in [0.3, 0.4) is 0 Å². The molecule has 5 heterocycles. The van der Waals surface area contributed by atoms with E-state index in [1.54, 1.807) is 28.4 Å². The van der Waals surface area contributed by atoms with Crippen molar-refractivity contribution >= 4 is 22.3 Å². The summed E-state index contributed by atoms with van der Waals surface area (Å²) in [6.45, 7) is 0. The Labute approximate surface area is 323 Å². The van der Waals surface area contributed by atoms with Crippen molar-refractivity contribution in [1.29, 1.82) is 0 Å². The number of H-pyrrole nitrogens is 4. The van der Waals surface area contributed by atoms with E-state index in [9.17, 15) is 0 Å². The van der Waals surface area contributed by atoms with E-state index >= 15 is 0 Å². The van der Waals surface area contributed by atoms with Crippen LogP contribution in [-0.4, -0.2) is 48.4 Å². The highest BCUT2D eigenvalue weighted by Crippen LogP contribution is 2.30. The molecular formula is C48H40N4O4. The van der Waals surface area contributed by atoms with Crippen LogP contribution in [0.25, 0.3) is 22.3 Å². The van der Waals surface area contributed by atoms with Crippen LogP contribution < -0.4 is 40.3 Å². The first-order valence-electron chi connectivity index (χ1n) is 18.4. The largest absolute Gasteiger partial charge is 0.497 e. The Morgan fingerprint density at radius 2 is 0.464 bits per heavy atom. The molecule has 0 saturated carbocycles.